The van der Waals surface area contributed by atoms with E-state index in [-0.39, 0.29) is 21.5 Å². The number of benzene rings is 2. The van der Waals surface area contributed by atoms with Crippen LogP contribution in [0.5, 0.6) is 11.5 Å². The number of aromatic nitrogens is 1. The lowest BCUT2D eigenvalue weighted by Gasteiger charge is -2.06. The number of nitrogens with one attached hydrogen (secondary N) is 2. The molecule has 0 saturated carbocycles. The lowest BCUT2D eigenvalue weighted by atomic mass is 10.2. The number of aromatic hydroxyl groups is 2. The Balaban J connectivity index is 1.66. The number of aryl methyl sites for hydroxylation is 1. The molecule has 8 nitrogen and oxygen atoms in total. The molecule has 0 aliphatic rings. The molecule has 0 radical (unpaired) electrons. The molecule has 0 unspecified atom stereocenters. The van der Waals surface area contributed by atoms with E-state index in [1.165, 1.54) is 24.3 Å². The van der Waals surface area contributed by atoms with E-state index in [9.17, 15) is 23.4 Å². The molecule has 1 aromatic heterocycles. The highest BCUT2D eigenvalue weighted by molar-refractivity contribution is 7.89. The molecule has 0 fully saturated rings. The minimum absolute atomic E-state index is 0.0711. The third-order valence-electron chi connectivity index (χ3n) is 3.49. The number of hydrogen-bond donors (Lipinski definition) is 4. The van der Waals surface area contributed by atoms with Crippen LogP contribution in [0.25, 0.3) is 10.2 Å². The standard InChI is InChI=1S/C16H15N3O5S2/c1-9-2-4-10(5-3-9)26(23,24)17-8-15(22)19-16-18-11-6-12(20)13(21)7-14(11)25-16/h2-7,17,20-21H,8H2,1H3,(H,18,19,22). The minimum Gasteiger partial charge on any atom is -0.504 e. The van der Waals surface area contributed by atoms with Crippen molar-refractivity contribution in [2.75, 3.05) is 11.9 Å². The molecule has 3 aromatic rings. The summed E-state index contributed by atoms with van der Waals surface area (Å²) in [7, 11) is -3.79. The van der Waals surface area contributed by atoms with Gasteiger partial charge in [0, 0.05) is 12.1 Å². The van der Waals surface area contributed by atoms with Gasteiger partial charge in [-0.25, -0.2) is 18.1 Å². The van der Waals surface area contributed by atoms with Crippen molar-refractivity contribution in [2.24, 2.45) is 0 Å². The van der Waals surface area contributed by atoms with Gasteiger partial charge in [-0.2, -0.15) is 0 Å². The highest BCUT2D eigenvalue weighted by Gasteiger charge is 2.16. The lowest BCUT2D eigenvalue weighted by molar-refractivity contribution is -0.115. The molecule has 0 bridgehead atoms. The van der Waals surface area contributed by atoms with Gasteiger partial charge in [-0.15, -0.1) is 0 Å². The van der Waals surface area contributed by atoms with Crippen molar-refractivity contribution in [1.82, 2.24) is 9.71 Å². The van der Waals surface area contributed by atoms with Gasteiger partial charge >= 0.3 is 0 Å². The van der Waals surface area contributed by atoms with Crippen LogP contribution < -0.4 is 10.0 Å². The minimum atomic E-state index is -3.79. The van der Waals surface area contributed by atoms with Crippen LogP contribution in [0.1, 0.15) is 5.56 Å². The van der Waals surface area contributed by atoms with Crippen LogP contribution in [-0.2, 0) is 14.8 Å². The first-order valence-electron chi connectivity index (χ1n) is 7.43. The fraction of sp³-hybridized carbons (Fsp3) is 0.125. The van der Waals surface area contributed by atoms with E-state index in [2.05, 4.69) is 15.0 Å². The van der Waals surface area contributed by atoms with Gasteiger partial charge in [-0.05, 0) is 19.1 Å². The Bertz CT molecular complexity index is 1040. The summed E-state index contributed by atoms with van der Waals surface area (Å²) in [5, 5.41) is 21.6. The van der Waals surface area contributed by atoms with Crippen molar-refractivity contribution in [3.05, 3.63) is 42.0 Å². The molecular weight excluding hydrogens is 378 g/mol. The molecule has 0 spiro atoms. The van der Waals surface area contributed by atoms with Gasteiger partial charge in [0.2, 0.25) is 15.9 Å². The molecule has 4 N–H and O–H groups in total. The van der Waals surface area contributed by atoms with Crippen LogP contribution in [0.2, 0.25) is 0 Å². The van der Waals surface area contributed by atoms with Crippen LogP contribution in [0.3, 0.4) is 0 Å². The maximum atomic E-state index is 12.2. The average molecular weight is 393 g/mol. The van der Waals surface area contributed by atoms with E-state index in [0.29, 0.717) is 10.2 Å². The molecule has 0 aliphatic heterocycles. The molecule has 10 heteroatoms. The first kappa shape index (κ1) is 18.1. The zero-order valence-electron chi connectivity index (χ0n) is 13.6. The van der Waals surface area contributed by atoms with Crippen LogP contribution in [0.15, 0.2) is 41.3 Å². The molecule has 1 amide bonds. The van der Waals surface area contributed by atoms with Crippen molar-refractivity contribution in [1.29, 1.82) is 0 Å². The monoisotopic (exact) mass is 393 g/mol. The fourth-order valence-electron chi connectivity index (χ4n) is 2.13. The average Bonchev–Trinajstić information content (AvgIpc) is 2.95. The van der Waals surface area contributed by atoms with Gasteiger partial charge in [0.15, 0.2) is 16.6 Å². The molecular formula is C16H15N3O5S2. The predicted octanol–water partition coefficient (Wildman–Crippen LogP) is 1.93. The Morgan fingerprint density at radius 2 is 1.81 bits per heavy atom. The summed E-state index contributed by atoms with van der Waals surface area (Å²) < 4.78 is 27.1. The van der Waals surface area contributed by atoms with Crippen molar-refractivity contribution in [3.63, 3.8) is 0 Å². The van der Waals surface area contributed by atoms with E-state index < -0.39 is 22.5 Å². The Kier molecular flexibility index (Phi) is 4.81. The second kappa shape index (κ2) is 6.90. The Labute approximate surface area is 153 Å². The summed E-state index contributed by atoms with van der Waals surface area (Å²) in [6.07, 6.45) is 0. The molecule has 26 heavy (non-hydrogen) atoms. The fourth-order valence-corrected chi connectivity index (χ4v) is 4.01. The molecule has 0 atom stereocenters. The van der Waals surface area contributed by atoms with Gasteiger partial charge in [-0.1, -0.05) is 29.0 Å². The molecule has 3 rings (SSSR count). The summed E-state index contributed by atoms with van der Waals surface area (Å²) in [6.45, 7) is 1.39. The maximum Gasteiger partial charge on any atom is 0.241 e. The summed E-state index contributed by atoms with van der Waals surface area (Å²) in [6, 6.07) is 8.86. The zero-order chi connectivity index (χ0) is 18.9. The number of carbonyl (C=O) groups is 1. The number of hydrogen-bond acceptors (Lipinski definition) is 7. The number of phenolic OH excluding ortho intramolecular Hbond substituents is 2. The SMILES string of the molecule is Cc1ccc(S(=O)(=O)NCC(=O)Nc2nc3cc(O)c(O)cc3s2)cc1. The molecule has 136 valence electrons. The molecule has 2 aromatic carbocycles. The van der Waals surface area contributed by atoms with Crippen molar-refractivity contribution < 1.29 is 23.4 Å². The molecule has 0 aliphatic carbocycles. The van der Waals surface area contributed by atoms with E-state index in [4.69, 9.17) is 0 Å². The van der Waals surface area contributed by atoms with E-state index in [0.717, 1.165) is 16.9 Å². The highest BCUT2D eigenvalue weighted by atomic mass is 32.2. The van der Waals surface area contributed by atoms with Gasteiger partial charge < -0.3 is 15.5 Å². The van der Waals surface area contributed by atoms with Gasteiger partial charge in [-0.3, -0.25) is 4.79 Å². The summed E-state index contributed by atoms with van der Waals surface area (Å²) in [4.78, 5) is 16.2. The first-order valence-corrected chi connectivity index (χ1v) is 9.73. The summed E-state index contributed by atoms with van der Waals surface area (Å²) >= 11 is 1.09. The topological polar surface area (TPSA) is 129 Å². The number of rotatable bonds is 5. The normalized spacial score (nSPS) is 11.6. The smallest absolute Gasteiger partial charge is 0.241 e. The largest absolute Gasteiger partial charge is 0.504 e. The van der Waals surface area contributed by atoms with Crippen LogP contribution in [-0.4, -0.2) is 36.1 Å². The number of amides is 1. The number of sulfonamides is 1. The quantitative estimate of drug-likeness (QED) is 0.490. The number of fused-ring (bicyclic) bond motifs is 1. The van der Waals surface area contributed by atoms with Gasteiger partial charge in [0.05, 0.1) is 21.7 Å². The Morgan fingerprint density at radius 1 is 1.15 bits per heavy atom. The number of phenols is 2. The van der Waals surface area contributed by atoms with E-state index >= 15 is 0 Å². The summed E-state index contributed by atoms with van der Waals surface area (Å²) in [5.41, 5.74) is 1.33. The Morgan fingerprint density at radius 3 is 2.50 bits per heavy atom. The second-order valence-corrected chi connectivity index (χ2v) is 8.31. The maximum absolute atomic E-state index is 12.2. The first-order chi connectivity index (χ1) is 12.2. The molecule has 1 heterocycles. The summed E-state index contributed by atoms with van der Waals surface area (Å²) in [5.74, 6) is -1.19. The van der Waals surface area contributed by atoms with Crippen molar-refractivity contribution in [3.8, 4) is 11.5 Å². The second-order valence-electron chi connectivity index (χ2n) is 5.51. The van der Waals surface area contributed by atoms with Crippen LogP contribution >= 0.6 is 11.3 Å². The van der Waals surface area contributed by atoms with E-state index in [1.54, 1.807) is 12.1 Å². The van der Waals surface area contributed by atoms with E-state index in [1.807, 2.05) is 6.92 Å². The number of anilines is 1. The third kappa shape index (κ3) is 3.93. The Hall–Kier alpha value is -2.69. The highest BCUT2D eigenvalue weighted by Crippen LogP contribution is 2.34. The lowest BCUT2D eigenvalue weighted by Crippen LogP contribution is -2.32. The zero-order valence-corrected chi connectivity index (χ0v) is 15.2. The van der Waals surface area contributed by atoms with Crippen molar-refractivity contribution in [2.45, 2.75) is 11.8 Å². The van der Waals surface area contributed by atoms with Gasteiger partial charge in [0.25, 0.3) is 0 Å². The van der Waals surface area contributed by atoms with Crippen LogP contribution in [0, 0.1) is 6.92 Å². The third-order valence-corrected chi connectivity index (χ3v) is 5.84. The number of thiazole rings is 1. The number of nitrogens with zero attached hydrogens (tertiary/aromatic N) is 1. The van der Waals surface area contributed by atoms with Crippen LogP contribution in [0.4, 0.5) is 5.13 Å². The number of carbonyl (C=O) groups excluding carboxylic acids is 1. The molecule has 0 saturated heterocycles. The predicted molar refractivity (Wildman–Crippen MR) is 97.9 cm³/mol. The van der Waals surface area contributed by atoms with Gasteiger partial charge in [0.1, 0.15) is 0 Å². The van der Waals surface area contributed by atoms with Crippen molar-refractivity contribution >= 4 is 42.6 Å².